The minimum Gasteiger partial charge on any atom is -0.470 e. The van der Waals surface area contributed by atoms with Gasteiger partial charge in [-0.25, -0.2) is 0 Å². The van der Waals surface area contributed by atoms with E-state index >= 15 is 0 Å². The van der Waals surface area contributed by atoms with Crippen molar-refractivity contribution in [3.8, 4) is 5.88 Å². The quantitative estimate of drug-likeness (QED) is 0.919. The second-order valence-corrected chi connectivity index (χ2v) is 6.64. The maximum atomic E-state index is 5.97. The van der Waals surface area contributed by atoms with Gasteiger partial charge in [-0.3, -0.25) is 0 Å². The summed E-state index contributed by atoms with van der Waals surface area (Å²) < 4.78 is 5.85. The third kappa shape index (κ3) is 3.78. The number of piperidine rings is 1. The molecule has 1 saturated heterocycles. The second kappa shape index (κ2) is 5.90. The Morgan fingerprint density at radius 3 is 2.80 bits per heavy atom. The maximum absolute atomic E-state index is 5.97. The van der Waals surface area contributed by atoms with Gasteiger partial charge < -0.3 is 15.4 Å². The molecule has 0 radical (unpaired) electrons. The summed E-state index contributed by atoms with van der Waals surface area (Å²) in [4.78, 5) is 6.98. The van der Waals surface area contributed by atoms with Gasteiger partial charge >= 0.3 is 0 Å². The molecule has 0 bridgehead atoms. The van der Waals surface area contributed by atoms with Crippen molar-refractivity contribution in [3.05, 3.63) is 12.1 Å². The molecule has 4 nitrogen and oxygen atoms in total. The highest BCUT2D eigenvalue weighted by Gasteiger charge is 2.21. The molecule has 1 aliphatic rings. The van der Waals surface area contributed by atoms with Crippen molar-refractivity contribution >= 4 is 11.5 Å². The summed E-state index contributed by atoms with van der Waals surface area (Å²) in [5.74, 6) is 2.31. The number of nitrogen functional groups attached to an aromatic ring is 1. The SMILES string of the molecule is CCC1CCCN(c2ccc(N)c(OC(C)(C)C)n2)C1. The van der Waals surface area contributed by atoms with Gasteiger partial charge in [-0.2, -0.15) is 4.98 Å². The Labute approximate surface area is 122 Å². The number of pyridine rings is 1. The van der Waals surface area contributed by atoms with Crippen LogP contribution < -0.4 is 15.4 Å². The largest absolute Gasteiger partial charge is 0.470 e. The Balaban J connectivity index is 2.18. The van der Waals surface area contributed by atoms with Crippen LogP contribution in [0.3, 0.4) is 0 Å². The van der Waals surface area contributed by atoms with E-state index < -0.39 is 0 Å². The first-order valence-corrected chi connectivity index (χ1v) is 7.59. The predicted octanol–water partition coefficient (Wildman–Crippen LogP) is 3.47. The Hall–Kier alpha value is -1.45. The van der Waals surface area contributed by atoms with Gasteiger partial charge in [-0.1, -0.05) is 13.3 Å². The van der Waals surface area contributed by atoms with Gasteiger partial charge in [0.15, 0.2) is 0 Å². The van der Waals surface area contributed by atoms with Crippen molar-refractivity contribution in [2.24, 2.45) is 5.92 Å². The first kappa shape index (κ1) is 14.9. The fourth-order valence-electron chi connectivity index (χ4n) is 2.60. The number of hydrogen-bond donors (Lipinski definition) is 1. The van der Waals surface area contributed by atoms with Crippen LogP contribution in [0.4, 0.5) is 11.5 Å². The van der Waals surface area contributed by atoms with E-state index in [1.807, 2.05) is 32.9 Å². The van der Waals surface area contributed by atoms with E-state index in [0.29, 0.717) is 11.6 Å². The first-order chi connectivity index (χ1) is 9.39. The van der Waals surface area contributed by atoms with Gasteiger partial charge in [0.2, 0.25) is 5.88 Å². The topological polar surface area (TPSA) is 51.4 Å². The first-order valence-electron chi connectivity index (χ1n) is 7.59. The highest BCUT2D eigenvalue weighted by Crippen LogP contribution is 2.29. The molecule has 0 saturated carbocycles. The number of hydrogen-bond acceptors (Lipinski definition) is 4. The van der Waals surface area contributed by atoms with Crippen LogP contribution in [0.5, 0.6) is 5.88 Å². The van der Waals surface area contributed by atoms with E-state index in [-0.39, 0.29) is 5.60 Å². The Bertz CT molecular complexity index is 454. The van der Waals surface area contributed by atoms with E-state index in [2.05, 4.69) is 16.8 Å². The third-order valence-electron chi connectivity index (χ3n) is 3.70. The number of nitrogens with zero attached hydrogens (tertiary/aromatic N) is 2. The van der Waals surface area contributed by atoms with Crippen LogP contribution in [0.2, 0.25) is 0 Å². The molecule has 2 N–H and O–H groups in total. The molecule has 112 valence electrons. The number of nitrogens with two attached hydrogens (primary N) is 1. The minimum atomic E-state index is -0.284. The normalized spacial score (nSPS) is 20.0. The zero-order chi connectivity index (χ0) is 14.8. The van der Waals surface area contributed by atoms with E-state index in [0.717, 1.165) is 24.8 Å². The van der Waals surface area contributed by atoms with Gasteiger partial charge in [-0.05, 0) is 51.7 Å². The van der Waals surface area contributed by atoms with Crippen molar-refractivity contribution in [3.63, 3.8) is 0 Å². The zero-order valence-electron chi connectivity index (χ0n) is 13.1. The number of rotatable bonds is 3. The molecule has 2 heterocycles. The average Bonchev–Trinajstić information content (AvgIpc) is 2.40. The van der Waals surface area contributed by atoms with Crippen LogP contribution in [0.15, 0.2) is 12.1 Å². The predicted molar refractivity (Wildman–Crippen MR) is 84.3 cm³/mol. The van der Waals surface area contributed by atoms with E-state index in [4.69, 9.17) is 10.5 Å². The standard InChI is InChI=1S/C16H27N3O/c1-5-12-7-6-10-19(11-12)14-9-8-13(17)15(18-14)20-16(2,3)4/h8-9,12H,5-7,10-11,17H2,1-4H3. The summed E-state index contributed by atoms with van der Waals surface area (Å²) >= 11 is 0. The molecule has 1 aromatic heterocycles. The van der Waals surface area contributed by atoms with Crippen LogP contribution in [-0.2, 0) is 0 Å². The van der Waals surface area contributed by atoms with Crippen LogP contribution >= 0.6 is 0 Å². The molecule has 1 fully saturated rings. The van der Waals surface area contributed by atoms with Gasteiger partial charge in [0, 0.05) is 13.1 Å². The van der Waals surface area contributed by atoms with Crippen LogP contribution in [0.1, 0.15) is 47.0 Å². The summed E-state index contributed by atoms with van der Waals surface area (Å²) in [6, 6.07) is 3.90. The zero-order valence-corrected chi connectivity index (χ0v) is 13.1. The van der Waals surface area contributed by atoms with Gasteiger partial charge in [0.05, 0.1) is 5.69 Å². The second-order valence-electron chi connectivity index (χ2n) is 6.64. The van der Waals surface area contributed by atoms with Crippen molar-refractivity contribution < 1.29 is 4.74 Å². The highest BCUT2D eigenvalue weighted by atomic mass is 16.5. The van der Waals surface area contributed by atoms with Gasteiger partial charge in [0.1, 0.15) is 11.4 Å². The summed E-state index contributed by atoms with van der Waals surface area (Å²) in [6.07, 6.45) is 3.80. The molecule has 1 aliphatic heterocycles. The Morgan fingerprint density at radius 2 is 2.15 bits per heavy atom. The molecule has 0 aliphatic carbocycles. The smallest absolute Gasteiger partial charge is 0.239 e. The molecule has 0 spiro atoms. The maximum Gasteiger partial charge on any atom is 0.239 e. The molecule has 1 unspecified atom stereocenters. The van der Waals surface area contributed by atoms with Crippen LogP contribution in [0.25, 0.3) is 0 Å². The highest BCUT2D eigenvalue weighted by molar-refractivity contribution is 5.55. The fraction of sp³-hybridized carbons (Fsp3) is 0.688. The molecule has 0 amide bonds. The molecule has 4 heteroatoms. The van der Waals surface area contributed by atoms with Crippen molar-refractivity contribution in [1.29, 1.82) is 0 Å². The Kier molecular flexibility index (Phi) is 4.41. The average molecular weight is 277 g/mol. The number of aromatic nitrogens is 1. The lowest BCUT2D eigenvalue weighted by molar-refractivity contribution is 0.125. The van der Waals surface area contributed by atoms with Crippen molar-refractivity contribution in [2.45, 2.75) is 52.6 Å². The lowest BCUT2D eigenvalue weighted by Crippen LogP contribution is -2.36. The molecule has 1 aromatic rings. The fourth-order valence-corrected chi connectivity index (χ4v) is 2.60. The number of anilines is 2. The lowest BCUT2D eigenvalue weighted by atomic mass is 9.96. The Morgan fingerprint density at radius 1 is 1.40 bits per heavy atom. The van der Waals surface area contributed by atoms with Crippen LogP contribution in [-0.4, -0.2) is 23.7 Å². The van der Waals surface area contributed by atoms with Gasteiger partial charge in [0.25, 0.3) is 0 Å². The number of ether oxygens (including phenoxy) is 1. The summed E-state index contributed by atoms with van der Waals surface area (Å²) in [6.45, 7) is 10.4. The lowest BCUT2D eigenvalue weighted by Gasteiger charge is -2.33. The van der Waals surface area contributed by atoms with Crippen molar-refractivity contribution in [1.82, 2.24) is 4.98 Å². The monoisotopic (exact) mass is 277 g/mol. The van der Waals surface area contributed by atoms with E-state index in [1.165, 1.54) is 19.3 Å². The molecule has 20 heavy (non-hydrogen) atoms. The molecule has 0 aromatic carbocycles. The molecular formula is C16H27N3O. The van der Waals surface area contributed by atoms with E-state index in [9.17, 15) is 0 Å². The van der Waals surface area contributed by atoms with Gasteiger partial charge in [-0.15, -0.1) is 0 Å². The third-order valence-corrected chi connectivity index (χ3v) is 3.70. The van der Waals surface area contributed by atoms with E-state index in [1.54, 1.807) is 0 Å². The molecule has 1 atom stereocenters. The summed E-state index contributed by atoms with van der Waals surface area (Å²) in [5, 5.41) is 0. The minimum absolute atomic E-state index is 0.284. The molecule has 2 rings (SSSR count). The summed E-state index contributed by atoms with van der Waals surface area (Å²) in [5.41, 5.74) is 6.29. The van der Waals surface area contributed by atoms with Crippen molar-refractivity contribution in [2.75, 3.05) is 23.7 Å². The summed E-state index contributed by atoms with van der Waals surface area (Å²) in [7, 11) is 0. The molecular weight excluding hydrogens is 250 g/mol. The van der Waals surface area contributed by atoms with Crippen LogP contribution in [0, 0.1) is 5.92 Å².